The molecule has 2 aromatic rings. The average Bonchev–Trinajstić information content (AvgIpc) is 2.75. The van der Waals surface area contributed by atoms with Gasteiger partial charge in [-0.25, -0.2) is 18.2 Å². The maximum Gasteiger partial charge on any atom is 0.335 e. The van der Waals surface area contributed by atoms with E-state index in [4.69, 9.17) is 4.99 Å². The zero-order valence-electron chi connectivity index (χ0n) is 14.1. The minimum absolute atomic E-state index is 0.00618. The maximum atomic E-state index is 13.2. The summed E-state index contributed by atoms with van der Waals surface area (Å²) in [6.45, 7) is 1.61. The molecule has 7 heteroatoms. The van der Waals surface area contributed by atoms with Crippen LogP contribution in [0.25, 0.3) is 0 Å². The van der Waals surface area contributed by atoms with E-state index < -0.39 is 15.8 Å². The Bertz CT molecular complexity index is 1020. The van der Waals surface area contributed by atoms with Crippen LogP contribution >= 0.6 is 0 Å². The van der Waals surface area contributed by atoms with Crippen LogP contribution in [0.15, 0.2) is 57.2 Å². The summed E-state index contributed by atoms with van der Waals surface area (Å²) < 4.78 is 26.5. The molecule has 2 heterocycles. The molecule has 1 saturated heterocycles. The number of rotatable bonds is 1. The van der Waals surface area contributed by atoms with Crippen molar-refractivity contribution in [1.82, 2.24) is 4.90 Å². The van der Waals surface area contributed by atoms with E-state index in [0.29, 0.717) is 17.1 Å². The van der Waals surface area contributed by atoms with Crippen molar-refractivity contribution in [3.63, 3.8) is 0 Å². The van der Waals surface area contributed by atoms with Crippen LogP contribution in [0.2, 0.25) is 0 Å². The van der Waals surface area contributed by atoms with Gasteiger partial charge in [0, 0.05) is 18.7 Å². The molecular formula is C19H18N2O4S. The number of sulfone groups is 1. The van der Waals surface area contributed by atoms with Gasteiger partial charge in [0.05, 0.1) is 21.0 Å². The van der Waals surface area contributed by atoms with Gasteiger partial charge in [0.2, 0.25) is 9.84 Å². The van der Waals surface area contributed by atoms with Crippen LogP contribution in [-0.2, 0) is 9.84 Å². The Hall–Kier alpha value is -2.67. The summed E-state index contributed by atoms with van der Waals surface area (Å²) in [6.07, 6.45) is 3.19. The number of carboxylic acid groups (broad SMARTS) is 1. The highest BCUT2D eigenvalue weighted by Gasteiger charge is 2.32. The molecule has 4 rings (SSSR count). The molecule has 0 radical (unpaired) electrons. The molecule has 0 aromatic heterocycles. The van der Waals surface area contributed by atoms with Crippen molar-refractivity contribution in [2.45, 2.75) is 29.1 Å². The van der Waals surface area contributed by atoms with Crippen LogP contribution in [0.1, 0.15) is 35.2 Å². The van der Waals surface area contributed by atoms with Gasteiger partial charge in [0.25, 0.3) is 0 Å². The average molecular weight is 370 g/mol. The first-order chi connectivity index (χ1) is 12.5. The molecular weight excluding hydrogens is 352 g/mol. The molecule has 0 saturated carbocycles. The lowest BCUT2D eigenvalue weighted by Crippen LogP contribution is -2.36. The highest BCUT2D eigenvalue weighted by Crippen LogP contribution is 2.36. The maximum absolute atomic E-state index is 13.2. The van der Waals surface area contributed by atoms with Crippen LogP contribution in [0, 0.1) is 0 Å². The number of para-hydroxylation sites is 1. The topological polar surface area (TPSA) is 87.0 Å². The number of piperidine rings is 1. The molecule has 2 aliphatic heterocycles. The van der Waals surface area contributed by atoms with E-state index in [1.165, 1.54) is 18.2 Å². The second-order valence-corrected chi connectivity index (χ2v) is 8.36. The second-order valence-electron chi connectivity index (χ2n) is 6.47. The Morgan fingerprint density at radius 3 is 2.46 bits per heavy atom. The van der Waals surface area contributed by atoms with E-state index >= 15 is 0 Å². The van der Waals surface area contributed by atoms with Crippen LogP contribution in [-0.4, -0.2) is 43.3 Å². The molecule has 26 heavy (non-hydrogen) atoms. The fourth-order valence-electron chi connectivity index (χ4n) is 3.48. The molecule has 0 unspecified atom stereocenters. The van der Waals surface area contributed by atoms with Gasteiger partial charge in [0.1, 0.15) is 5.84 Å². The highest BCUT2D eigenvalue weighted by atomic mass is 32.2. The molecule has 2 aliphatic rings. The summed E-state index contributed by atoms with van der Waals surface area (Å²) in [5.41, 5.74) is 0.805. The van der Waals surface area contributed by atoms with E-state index in [1.807, 2.05) is 0 Å². The predicted octanol–water partition coefficient (Wildman–Crippen LogP) is 3.10. The van der Waals surface area contributed by atoms with Crippen LogP contribution in [0.4, 0.5) is 5.69 Å². The summed E-state index contributed by atoms with van der Waals surface area (Å²) in [5, 5.41) is 9.30. The molecule has 1 N–H and O–H groups in total. The van der Waals surface area contributed by atoms with Gasteiger partial charge in [0.15, 0.2) is 0 Å². The van der Waals surface area contributed by atoms with Crippen molar-refractivity contribution in [3.8, 4) is 0 Å². The standard InChI is InChI=1S/C19H18N2O4S/c22-19(23)13-8-9-14-17(12-13)26(24,25)16-7-3-2-6-15(16)20-18(14)21-10-4-1-5-11-21/h2-3,6-9,12H,1,4-5,10-11H2,(H,22,23). The number of hydrogen-bond acceptors (Lipinski definition) is 5. The van der Waals surface area contributed by atoms with Gasteiger partial charge >= 0.3 is 5.97 Å². The molecule has 2 aromatic carbocycles. The number of likely N-dealkylation sites (tertiary alicyclic amines) is 1. The number of aromatic carboxylic acids is 1. The van der Waals surface area contributed by atoms with Crippen LogP contribution in [0.3, 0.4) is 0 Å². The lowest BCUT2D eigenvalue weighted by atomic mass is 10.1. The van der Waals surface area contributed by atoms with Crippen molar-refractivity contribution in [3.05, 3.63) is 53.6 Å². The summed E-state index contributed by atoms with van der Waals surface area (Å²) in [4.78, 5) is 18.3. The number of benzene rings is 2. The van der Waals surface area contributed by atoms with Crippen molar-refractivity contribution < 1.29 is 18.3 Å². The molecule has 134 valence electrons. The number of carbonyl (C=O) groups is 1. The fraction of sp³-hybridized carbons (Fsp3) is 0.263. The van der Waals surface area contributed by atoms with Gasteiger partial charge in [-0.3, -0.25) is 0 Å². The van der Waals surface area contributed by atoms with Gasteiger partial charge in [-0.1, -0.05) is 12.1 Å². The molecule has 0 bridgehead atoms. The lowest BCUT2D eigenvalue weighted by Gasteiger charge is -2.30. The lowest BCUT2D eigenvalue weighted by molar-refractivity contribution is 0.0696. The second kappa shape index (κ2) is 6.25. The van der Waals surface area contributed by atoms with Crippen LogP contribution in [0.5, 0.6) is 0 Å². The summed E-state index contributed by atoms with van der Waals surface area (Å²) >= 11 is 0. The summed E-state index contributed by atoms with van der Waals surface area (Å²) in [7, 11) is -3.87. The number of aliphatic imine (C=N–C) groups is 1. The third-order valence-electron chi connectivity index (χ3n) is 4.80. The summed E-state index contributed by atoms with van der Waals surface area (Å²) in [6, 6.07) is 10.9. The Labute approximate surface area is 151 Å². The molecule has 0 aliphatic carbocycles. The molecule has 1 fully saturated rings. The molecule has 6 nitrogen and oxygen atoms in total. The zero-order chi connectivity index (χ0) is 18.3. The van der Waals surface area contributed by atoms with Gasteiger partial charge in [-0.05, 0) is 49.6 Å². The number of carboxylic acids is 1. The SMILES string of the molecule is O=C(O)c1ccc2c(c1)S(=O)(=O)c1ccccc1N=C2N1CCCCC1. The van der Waals surface area contributed by atoms with E-state index in [2.05, 4.69) is 4.90 Å². The normalized spacial score (nSPS) is 18.3. The smallest absolute Gasteiger partial charge is 0.335 e. The van der Waals surface area contributed by atoms with Gasteiger partial charge in [-0.2, -0.15) is 0 Å². The molecule has 0 atom stereocenters. The highest BCUT2D eigenvalue weighted by molar-refractivity contribution is 7.91. The zero-order valence-corrected chi connectivity index (χ0v) is 14.9. The van der Waals surface area contributed by atoms with Crippen LogP contribution < -0.4 is 0 Å². The molecule has 0 spiro atoms. The Kier molecular flexibility index (Phi) is 4.03. The van der Waals surface area contributed by atoms with E-state index in [-0.39, 0.29) is 15.4 Å². The quantitative estimate of drug-likeness (QED) is 0.833. The van der Waals surface area contributed by atoms with Crippen molar-refractivity contribution in [2.75, 3.05) is 13.1 Å². The Morgan fingerprint density at radius 1 is 1.00 bits per heavy atom. The monoisotopic (exact) mass is 370 g/mol. The first-order valence-electron chi connectivity index (χ1n) is 8.54. The number of nitrogens with zero attached hydrogens (tertiary/aromatic N) is 2. The van der Waals surface area contributed by atoms with Crippen molar-refractivity contribution >= 4 is 27.3 Å². The number of amidine groups is 1. The van der Waals surface area contributed by atoms with Gasteiger partial charge in [-0.15, -0.1) is 0 Å². The Balaban J connectivity index is 2.01. The third-order valence-corrected chi connectivity index (χ3v) is 6.64. The van der Waals surface area contributed by atoms with Crippen molar-refractivity contribution in [2.24, 2.45) is 4.99 Å². The van der Waals surface area contributed by atoms with E-state index in [1.54, 1.807) is 24.3 Å². The number of hydrogen-bond donors (Lipinski definition) is 1. The minimum Gasteiger partial charge on any atom is -0.478 e. The predicted molar refractivity (Wildman–Crippen MR) is 96.9 cm³/mol. The first-order valence-corrected chi connectivity index (χ1v) is 10.0. The Morgan fingerprint density at radius 2 is 1.73 bits per heavy atom. The third kappa shape index (κ3) is 2.68. The fourth-order valence-corrected chi connectivity index (χ4v) is 5.09. The summed E-state index contributed by atoms with van der Waals surface area (Å²) in [5.74, 6) is -0.554. The van der Waals surface area contributed by atoms with Crippen molar-refractivity contribution in [1.29, 1.82) is 0 Å². The largest absolute Gasteiger partial charge is 0.478 e. The van der Waals surface area contributed by atoms with Gasteiger partial charge < -0.3 is 10.0 Å². The van der Waals surface area contributed by atoms with E-state index in [9.17, 15) is 18.3 Å². The minimum atomic E-state index is -3.87. The first kappa shape index (κ1) is 16.8. The number of fused-ring (bicyclic) bond motifs is 2. The molecule has 0 amide bonds. The van der Waals surface area contributed by atoms with E-state index in [0.717, 1.165) is 32.4 Å².